The van der Waals surface area contributed by atoms with Crippen LogP contribution in [0.2, 0.25) is 5.02 Å². The van der Waals surface area contributed by atoms with Gasteiger partial charge in [-0.3, -0.25) is 0 Å². The van der Waals surface area contributed by atoms with Gasteiger partial charge in [-0.1, -0.05) is 29.8 Å². The number of carbonyl (C=O) groups is 2. The number of ether oxygens (including phenoxy) is 2. The molecule has 154 valence electrons. The van der Waals surface area contributed by atoms with Gasteiger partial charge in [-0.15, -0.1) is 0 Å². The number of nitrogens with zero attached hydrogens (tertiary/aromatic N) is 1. The summed E-state index contributed by atoms with van der Waals surface area (Å²) in [6.45, 7) is 1.72. The first-order chi connectivity index (χ1) is 14.0. The molecule has 0 spiro atoms. The van der Waals surface area contributed by atoms with Gasteiger partial charge in [0.2, 0.25) is 0 Å². The Hall–Kier alpha value is -2.93. The summed E-state index contributed by atoms with van der Waals surface area (Å²) in [6, 6.07) is 13.7. The highest BCUT2D eigenvalue weighted by Crippen LogP contribution is 2.27. The van der Waals surface area contributed by atoms with Crippen molar-refractivity contribution in [2.45, 2.75) is 12.8 Å². The van der Waals surface area contributed by atoms with Gasteiger partial charge in [0.1, 0.15) is 11.5 Å². The van der Waals surface area contributed by atoms with E-state index in [2.05, 4.69) is 10.6 Å². The number of carbonyl (C=O) groups excluding carboxylic acids is 2. The van der Waals surface area contributed by atoms with E-state index in [1.807, 2.05) is 18.2 Å². The van der Waals surface area contributed by atoms with E-state index in [1.54, 1.807) is 35.2 Å². The molecule has 0 aromatic heterocycles. The van der Waals surface area contributed by atoms with Crippen LogP contribution in [-0.2, 0) is 0 Å². The monoisotopic (exact) mass is 417 g/mol. The van der Waals surface area contributed by atoms with Gasteiger partial charge in [-0.2, -0.15) is 0 Å². The molecule has 1 aliphatic heterocycles. The van der Waals surface area contributed by atoms with Crippen molar-refractivity contribution in [3.63, 3.8) is 0 Å². The van der Waals surface area contributed by atoms with E-state index in [-0.39, 0.29) is 12.1 Å². The smallest absolute Gasteiger partial charge is 0.415 e. The van der Waals surface area contributed by atoms with Gasteiger partial charge in [0.05, 0.1) is 12.8 Å². The second-order valence-electron chi connectivity index (χ2n) is 6.79. The predicted octanol–water partition coefficient (Wildman–Crippen LogP) is 4.38. The van der Waals surface area contributed by atoms with Crippen LogP contribution in [0.25, 0.3) is 0 Å². The van der Waals surface area contributed by atoms with Crippen molar-refractivity contribution in [2.75, 3.05) is 32.1 Å². The summed E-state index contributed by atoms with van der Waals surface area (Å²) >= 11 is 5.98. The van der Waals surface area contributed by atoms with Crippen molar-refractivity contribution in [3.05, 3.63) is 53.6 Å². The predicted molar refractivity (Wildman–Crippen MR) is 112 cm³/mol. The number of amides is 3. The van der Waals surface area contributed by atoms with Gasteiger partial charge < -0.3 is 25.0 Å². The van der Waals surface area contributed by atoms with E-state index in [4.69, 9.17) is 21.1 Å². The normalized spacial score (nSPS) is 14.2. The Labute approximate surface area is 174 Å². The lowest BCUT2D eigenvalue weighted by Gasteiger charge is -2.31. The first kappa shape index (κ1) is 20.8. The highest BCUT2D eigenvalue weighted by atomic mass is 35.5. The molecule has 29 heavy (non-hydrogen) atoms. The maximum Gasteiger partial charge on any atom is 0.415 e. The van der Waals surface area contributed by atoms with E-state index in [0.717, 1.165) is 12.8 Å². The van der Waals surface area contributed by atoms with Crippen LogP contribution in [0.3, 0.4) is 0 Å². The van der Waals surface area contributed by atoms with E-state index in [9.17, 15) is 9.59 Å². The summed E-state index contributed by atoms with van der Waals surface area (Å²) in [5, 5.41) is 6.13. The number of benzene rings is 2. The Morgan fingerprint density at radius 3 is 2.55 bits per heavy atom. The molecule has 2 aromatic carbocycles. The third-order valence-corrected chi connectivity index (χ3v) is 5.02. The van der Waals surface area contributed by atoms with Gasteiger partial charge in [-0.25, -0.2) is 9.59 Å². The molecule has 1 saturated heterocycles. The number of urea groups is 1. The summed E-state index contributed by atoms with van der Waals surface area (Å²) < 4.78 is 10.6. The van der Waals surface area contributed by atoms with Crippen molar-refractivity contribution >= 4 is 29.4 Å². The lowest BCUT2D eigenvalue weighted by molar-refractivity contribution is 0.130. The lowest BCUT2D eigenvalue weighted by Crippen LogP contribution is -2.43. The molecule has 2 N–H and O–H groups in total. The molecular weight excluding hydrogens is 394 g/mol. The van der Waals surface area contributed by atoms with E-state index < -0.39 is 0 Å². The lowest BCUT2D eigenvalue weighted by atomic mass is 9.97. The molecule has 0 aliphatic carbocycles. The third kappa shape index (κ3) is 6.02. The number of halogens is 1. The van der Waals surface area contributed by atoms with Crippen LogP contribution in [0.4, 0.5) is 15.3 Å². The molecular formula is C21H24ClN3O4. The number of piperidine rings is 1. The number of methoxy groups -OCH3 is 1. The van der Waals surface area contributed by atoms with Crippen molar-refractivity contribution in [2.24, 2.45) is 5.92 Å². The van der Waals surface area contributed by atoms with Crippen LogP contribution in [-0.4, -0.2) is 43.8 Å². The largest absolute Gasteiger partial charge is 0.495 e. The SMILES string of the molecule is COc1ccc(Cl)cc1NC(=O)NCC1CCN(C(=O)Oc2ccccc2)CC1. The fraction of sp³-hybridized carbons (Fsp3) is 0.333. The number of hydrogen-bond acceptors (Lipinski definition) is 4. The molecule has 0 atom stereocenters. The average molecular weight is 418 g/mol. The number of para-hydroxylation sites is 1. The van der Waals surface area contributed by atoms with Crippen molar-refractivity contribution < 1.29 is 19.1 Å². The zero-order chi connectivity index (χ0) is 20.6. The highest BCUT2D eigenvalue weighted by molar-refractivity contribution is 6.31. The molecule has 0 bridgehead atoms. The van der Waals surface area contributed by atoms with Crippen molar-refractivity contribution in [1.29, 1.82) is 0 Å². The molecule has 1 heterocycles. The standard InChI is InChI=1S/C21H24ClN3O4/c1-28-19-8-7-16(22)13-18(19)24-20(26)23-14-15-9-11-25(12-10-15)21(27)29-17-5-3-2-4-6-17/h2-8,13,15H,9-12,14H2,1H3,(H2,23,24,26). The van der Waals surface area contributed by atoms with E-state index >= 15 is 0 Å². The van der Waals surface area contributed by atoms with E-state index in [1.165, 1.54) is 7.11 Å². The number of hydrogen-bond donors (Lipinski definition) is 2. The molecule has 0 saturated carbocycles. The summed E-state index contributed by atoms with van der Waals surface area (Å²) in [6.07, 6.45) is 1.25. The van der Waals surface area contributed by atoms with Crippen LogP contribution >= 0.6 is 11.6 Å². The second-order valence-corrected chi connectivity index (χ2v) is 7.23. The van der Waals surface area contributed by atoms with Crippen molar-refractivity contribution in [3.8, 4) is 11.5 Å². The molecule has 2 aromatic rings. The molecule has 1 fully saturated rings. The highest BCUT2D eigenvalue weighted by Gasteiger charge is 2.24. The van der Waals surface area contributed by atoms with Crippen LogP contribution in [0.5, 0.6) is 11.5 Å². The maximum absolute atomic E-state index is 12.2. The molecule has 3 rings (SSSR count). The van der Waals surface area contributed by atoms with Crippen LogP contribution < -0.4 is 20.1 Å². The minimum atomic E-state index is -0.339. The topological polar surface area (TPSA) is 79.9 Å². The van der Waals surface area contributed by atoms with Gasteiger partial charge in [0.15, 0.2) is 0 Å². The summed E-state index contributed by atoms with van der Waals surface area (Å²) in [5.74, 6) is 1.37. The molecule has 3 amide bonds. The van der Waals surface area contributed by atoms with Gasteiger partial charge in [0.25, 0.3) is 0 Å². The molecule has 7 nitrogen and oxygen atoms in total. The first-order valence-corrected chi connectivity index (χ1v) is 9.83. The van der Waals surface area contributed by atoms with Gasteiger partial charge >= 0.3 is 12.1 Å². The summed E-state index contributed by atoms with van der Waals surface area (Å²) in [4.78, 5) is 26.1. The van der Waals surface area contributed by atoms with Gasteiger partial charge in [-0.05, 0) is 49.1 Å². The third-order valence-electron chi connectivity index (χ3n) is 4.78. The minimum absolute atomic E-state index is 0.294. The fourth-order valence-electron chi connectivity index (χ4n) is 3.15. The van der Waals surface area contributed by atoms with Crippen LogP contribution in [0.15, 0.2) is 48.5 Å². The molecule has 8 heteroatoms. The zero-order valence-corrected chi connectivity index (χ0v) is 16.9. The number of nitrogens with one attached hydrogen (secondary N) is 2. The minimum Gasteiger partial charge on any atom is -0.495 e. The van der Waals surface area contributed by atoms with E-state index in [0.29, 0.717) is 47.8 Å². The Kier molecular flexibility index (Phi) is 7.19. The fourth-order valence-corrected chi connectivity index (χ4v) is 3.33. The number of rotatable bonds is 5. The first-order valence-electron chi connectivity index (χ1n) is 9.45. The number of likely N-dealkylation sites (tertiary alicyclic amines) is 1. The molecule has 0 unspecified atom stereocenters. The Bertz CT molecular complexity index is 839. The second kappa shape index (κ2) is 10.0. The zero-order valence-electron chi connectivity index (χ0n) is 16.2. The Balaban J connectivity index is 1.41. The van der Waals surface area contributed by atoms with Crippen LogP contribution in [0.1, 0.15) is 12.8 Å². The quantitative estimate of drug-likeness (QED) is 0.756. The molecule has 1 aliphatic rings. The number of anilines is 1. The maximum atomic E-state index is 12.2. The summed E-state index contributed by atoms with van der Waals surface area (Å²) in [7, 11) is 1.53. The van der Waals surface area contributed by atoms with Crippen molar-refractivity contribution in [1.82, 2.24) is 10.2 Å². The Morgan fingerprint density at radius 1 is 1.14 bits per heavy atom. The Morgan fingerprint density at radius 2 is 1.86 bits per heavy atom. The van der Waals surface area contributed by atoms with Crippen LogP contribution in [0, 0.1) is 5.92 Å². The molecule has 0 radical (unpaired) electrons. The van der Waals surface area contributed by atoms with Gasteiger partial charge in [0, 0.05) is 24.7 Å². The average Bonchev–Trinajstić information content (AvgIpc) is 2.73. The summed E-state index contributed by atoms with van der Waals surface area (Å²) in [5.41, 5.74) is 0.510.